The van der Waals surface area contributed by atoms with Crippen LogP contribution in [0.4, 0.5) is 11.4 Å². The highest BCUT2D eigenvalue weighted by Crippen LogP contribution is 2.28. The number of hydrogen-bond acceptors (Lipinski definition) is 3. The highest BCUT2D eigenvalue weighted by molar-refractivity contribution is 9.10. The Hall–Kier alpha value is -1.92. The van der Waals surface area contributed by atoms with Crippen molar-refractivity contribution in [3.8, 4) is 0 Å². The van der Waals surface area contributed by atoms with Crippen LogP contribution >= 0.6 is 27.5 Å². The normalized spacial score (nSPS) is 10.2. The van der Waals surface area contributed by atoms with Gasteiger partial charge in [0, 0.05) is 21.1 Å². The number of anilines is 1. The van der Waals surface area contributed by atoms with Gasteiger partial charge < -0.3 is 5.32 Å². The van der Waals surface area contributed by atoms with Crippen LogP contribution in [-0.4, -0.2) is 10.8 Å². The number of hydrogen-bond donors (Lipinski definition) is 1. The summed E-state index contributed by atoms with van der Waals surface area (Å²) in [6, 6.07) is 9.26. The molecule has 0 aliphatic heterocycles. The predicted molar refractivity (Wildman–Crippen MR) is 84.9 cm³/mol. The summed E-state index contributed by atoms with van der Waals surface area (Å²) >= 11 is 9.12. The zero-order valence-corrected chi connectivity index (χ0v) is 13.2. The summed E-state index contributed by atoms with van der Waals surface area (Å²) < 4.78 is 0.749. The van der Waals surface area contributed by atoms with Gasteiger partial charge in [0.05, 0.1) is 4.92 Å². The molecule has 0 atom stereocenters. The van der Waals surface area contributed by atoms with Crippen molar-refractivity contribution in [2.75, 3.05) is 5.32 Å². The van der Waals surface area contributed by atoms with Gasteiger partial charge >= 0.3 is 0 Å². The molecule has 5 nitrogen and oxygen atoms in total. The maximum atomic E-state index is 12.3. The summed E-state index contributed by atoms with van der Waals surface area (Å²) in [6.07, 6.45) is 0. The number of nitrogens with one attached hydrogen (secondary N) is 1. The number of halogens is 2. The number of nitro groups is 1. The van der Waals surface area contributed by atoms with E-state index in [1.165, 1.54) is 18.2 Å². The number of rotatable bonds is 3. The standard InChI is InChI=1S/C14H10BrClN2O3/c1-8-2-3-9(15)6-11(8)14(19)17-12-7-10(16)4-5-13(12)18(20)21/h2-7H,1H3,(H,17,19). The van der Waals surface area contributed by atoms with Crippen LogP contribution in [0.3, 0.4) is 0 Å². The minimum Gasteiger partial charge on any atom is -0.316 e. The molecule has 0 heterocycles. The van der Waals surface area contributed by atoms with Crippen LogP contribution in [0.15, 0.2) is 40.9 Å². The summed E-state index contributed by atoms with van der Waals surface area (Å²) in [5, 5.41) is 13.8. The molecule has 0 fully saturated rings. The van der Waals surface area contributed by atoms with Crippen molar-refractivity contribution in [1.82, 2.24) is 0 Å². The van der Waals surface area contributed by atoms with E-state index in [0.29, 0.717) is 10.6 Å². The highest BCUT2D eigenvalue weighted by atomic mass is 79.9. The first kappa shape index (κ1) is 15.5. The second-order valence-corrected chi connectivity index (χ2v) is 5.68. The maximum Gasteiger partial charge on any atom is 0.292 e. The first-order chi connectivity index (χ1) is 9.88. The van der Waals surface area contributed by atoms with Gasteiger partial charge in [0.25, 0.3) is 11.6 Å². The topological polar surface area (TPSA) is 72.2 Å². The van der Waals surface area contributed by atoms with Crippen LogP contribution in [0.1, 0.15) is 15.9 Å². The molecule has 0 aliphatic rings. The van der Waals surface area contributed by atoms with Crippen LogP contribution in [0.25, 0.3) is 0 Å². The zero-order valence-electron chi connectivity index (χ0n) is 10.9. The van der Waals surface area contributed by atoms with Crippen molar-refractivity contribution >= 4 is 44.8 Å². The molecule has 0 bridgehead atoms. The van der Waals surface area contributed by atoms with Gasteiger partial charge in [0.1, 0.15) is 5.69 Å². The minimum absolute atomic E-state index is 0.0666. The third-order valence-electron chi connectivity index (χ3n) is 2.85. The first-order valence-corrected chi connectivity index (χ1v) is 7.07. The Morgan fingerprint density at radius 1 is 1.29 bits per heavy atom. The van der Waals surface area contributed by atoms with Gasteiger partial charge in [-0.05, 0) is 36.8 Å². The smallest absolute Gasteiger partial charge is 0.292 e. The van der Waals surface area contributed by atoms with Gasteiger partial charge in [-0.2, -0.15) is 0 Å². The Balaban J connectivity index is 2.38. The van der Waals surface area contributed by atoms with Gasteiger partial charge in [0.15, 0.2) is 0 Å². The number of amides is 1. The third kappa shape index (κ3) is 3.59. The fourth-order valence-corrected chi connectivity index (χ4v) is 2.33. The zero-order chi connectivity index (χ0) is 15.6. The molecule has 21 heavy (non-hydrogen) atoms. The van der Waals surface area contributed by atoms with E-state index in [4.69, 9.17) is 11.6 Å². The first-order valence-electron chi connectivity index (χ1n) is 5.90. The highest BCUT2D eigenvalue weighted by Gasteiger charge is 2.18. The SMILES string of the molecule is Cc1ccc(Br)cc1C(=O)Nc1cc(Cl)ccc1[N+](=O)[O-]. The van der Waals surface area contributed by atoms with E-state index in [1.54, 1.807) is 19.1 Å². The van der Waals surface area contributed by atoms with Crippen molar-refractivity contribution in [2.45, 2.75) is 6.92 Å². The molecular formula is C14H10BrClN2O3. The van der Waals surface area contributed by atoms with Crippen molar-refractivity contribution in [3.05, 3.63) is 67.1 Å². The van der Waals surface area contributed by atoms with Crippen molar-refractivity contribution in [2.24, 2.45) is 0 Å². The van der Waals surface area contributed by atoms with Crippen molar-refractivity contribution < 1.29 is 9.72 Å². The monoisotopic (exact) mass is 368 g/mol. The predicted octanol–water partition coefficient (Wildman–Crippen LogP) is 4.57. The van der Waals surface area contributed by atoms with Gasteiger partial charge in [-0.1, -0.05) is 33.6 Å². The van der Waals surface area contributed by atoms with Crippen LogP contribution in [0.5, 0.6) is 0 Å². The van der Waals surface area contributed by atoms with Crippen molar-refractivity contribution in [1.29, 1.82) is 0 Å². The number of nitrogens with zero attached hydrogens (tertiary/aromatic N) is 1. The molecule has 1 amide bonds. The lowest BCUT2D eigenvalue weighted by Crippen LogP contribution is -2.14. The number of aryl methyl sites for hydroxylation is 1. The molecule has 0 aliphatic carbocycles. The Kier molecular flexibility index (Phi) is 4.59. The van der Waals surface area contributed by atoms with Crippen molar-refractivity contribution in [3.63, 3.8) is 0 Å². The third-order valence-corrected chi connectivity index (χ3v) is 3.58. The molecule has 7 heteroatoms. The van der Waals surface area contributed by atoms with E-state index in [1.807, 2.05) is 6.07 Å². The number of carbonyl (C=O) groups excluding carboxylic acids is 1. The summed E-state index contributed by atoms with van der Waals surface area (Å²) in [5.41, 5.74) is 1.05. The van der Waals surface area contributed by atoms with E-state index in [-0.39, 0.29) is 11.4 Å². The number of carbonyl (C=O) groups is 1. The lowest BCUT2D eigenvalue weighted by molar-refractivity contribution is -0.383. The van der Waals surface area contributed by atoms with Gasteiger partial charge in [0.2, 0.25) is 0 Å². The second-order valence-electron chi connectivity index (χ2n) is 4.33. The lowest BCUT2D eigenvalue weighted by atomic mass is 10.1. The molecule has 0 unspecified atom stereocenters. The Labute approximate surface area is 134 Å². The van der Waals surface area contributed by atoms with Crippen LogP contribution in [-0.2, 0) is 0 Å². The average Bonchev–Trinajstić information content (AvgIpc) is 2.41. The maximum absolute atomic E-state index is 12.3. The van der Waals surface area contributed by atoms with E-state index >= 15 is 0 Å². The van der Waals surface area contributed by atoms with E-state index in [9.17, 15) is 14.9 Å². The van der Waals surface area contributed by atoms with Crippen LogP contribution < -0.4 is 5.32 Å². The van der Waals surface area contributed by atoms with E-state index in [0.717, 1.165) is 10.0 Å². The van der Waals surface area contributed by atoms with Crippen LogP contribution in [0.2, 0.25) is 5.02 Å². The summed E-state index contributed by atoms with van der Waals surface area (Å²) in [4.78, 5) is 22.7. The molecule has 2 aromatic rings. The summed E-state index contributed by atoms with van der Waals surface area (Å²) in [5.74, 6) is -0.431. The fourth-order valence-electron chi connectivity index (χ4n) is 1.80. The summed E-state index contributed by atoms with van der Waals surface area (Å²) in [6.45, 7) is 1.79. The largest absolute Gasteiger partial charge is 0.316 e. The Morgan fingerprint density at radius 2 is 2.00 bits per heavy atom. The van der Waals surface area contributed by atoms with Gasteiger partial charge in [-0.3, -0.25) is 14.9 Å². The molecule has 2 aromatic carbocycles. The Morgan fingerprint density at radius 3 is 2.67 bits per heavy atom. The minimum atomic E-state index is -0.570. The Bertz CT molecular complexity index is 734. The average molecular weight is 370 g/mol. The molecule has 0 saturated heterocycles. The lowest BCUT2D eigenvalue weighted by Gasteiger charge is -2.09. The molecule has 2 rings (SSSR count). The molecule has 0 aromatic heterocycles. The van der Waals surface area contributed by atoms with E-state index in [2.05, 4.69) is 21.2 Å². The second kappa shape index (κ2) is 6.24. The van der Waals surface area contributed by atoms with E-state index < -0.39 is 10.8 Å². The summed E-state index contributed by atoms with van der Waals surface area (Å²) in [7, 11) is 0. The molecule has 0 spiro atoms. The molecule has 108 valence electrons. The number of benzene rings is 2. The number of nitro benzene ring substituents is 1. The quantitative estimate of drug-likeness (QED) is 0.636. The van der Waals surface area contributed by atoms with Crippen LogP contribution in [0, 0.1) is 17.0 Å². The van der Waals surface area contributed by atoms with Gasteiger partial charge in [-0.15, -0.1) is 0 Å². The van der Waals surface area contributed by atoms with Gasteiger partial charge in [-0.25, -0.2) is 0 Å². The molecule has 1 N–H and O–H groups in total. The molecule has 0 saturated carbocycles. The molecule has 0 radical (unpaired) electrons. The molecular weight excluding hydrogens is 360 g/mol. The fraction of sp³-hybridized carbons (Fsp3) is 0.0714.